The molecule has 2 saturated heterocycles. The molecule has 28 heavy (non-hydrogen) atoms. The molecule has 3 fully saturated rings. The molecule has 152 valence electrons. The number of nitrogens with one attached hydrogen (secondary N) is 1. The molecule has 0 radical (unpaired) electrons. The van der Waals surface area contributed by atoms with Crippen LogP contribution in [0.4, 0.5) is 0 Å². The highest BCUT2D eigenvalue weighted by Crippen LogP contribution is 2.35. The third-order valence-electron chi connectivity index (χ3n) is 6.48. The van der Waals surface area contributed by atoms with Crippen LogP contribution in [0.3, 0.4) is 0 Å². The third kappa shape index (κ3) is 4.36. The topological polar surface area (TPSA) is 91.6 Å². The second-order valence-corrected chi connectivity index (χ2v) is 8.55. The quantitative estimate of drug-likeness (QED) is 0.786. The molecule has 3 aliphatic rings. The van der Waals surface area contributed by atoms with Gasteiger partial charge in [0.05, 0.1) is 23.7 Å². The molecule has 0 bridgehead atoms. The van der Waals surface area contributed by atoms with Gasteiger partial charge in [0, 0.05) is 31.9 Å². The maximum Gasteiger partial charge on any atom is 0.242 e. The zero-order valence-corrected chi connectivity index (χ0v) is 16.5. The Balaban J connectivity index is 1.25. The van der Waals surface area contributed by atoms with Crippen molar-refractivity contribution in [3.05, 3.63) is 30.1 Å². The van der Waals surface area contributed by atoms with E-state index in [1.807, 2.05) is 23.1 Å². The van der Waals surface area contributed by atoms with Crippen LogP contribution in [-0.4, -0.2) is 64.4 Å². The van der Waals surface area contributed by atoms with E-state index in [2.05, 4.69) is 15.2 Å². The van der Waals surface area contributed by atoms with Gasteiger partial charge in [-0.1, -0.05) is 6.07 Å². The van der Waals surface area contributed by atoms with Crippen LogP contribution >= 0.6 is 0 Å². The first kappa shape index (κ1) is 19.3. The van der Waals surface area contributed by atoms with Crippen molar-refractivity contribution in [1.29, 1.82) is 0 Å². The second kappa shape index (κ2) is 8.17. The summed E-state index contributed by atoms with van der Waals surface area (Å²) in [5, 5.41) is 3.04. The van der Waals surface area contributed by atoms with E-state index in [1.165, 1.54) is 0 Å². The summed E-state index contributed by atoms with van der Waals surface area (Å²) in [6, 6.07) is 6.20. The Kier molecular flexibility index (Phi) is 5.64. The number of nitrogens with zero attached hydrogens (tertiary/aromatic N) is 3. The van der Waals surface area contributed by atoms with Gasteiger partial charge in [0.25, 0.3) is 0 Å². The van der Waals surface area contributed by atoms with E-state index < -0.39 is 5.54 Å². The first-order valence-corrected chi connectivity index (χ1v) is 10.6. The number of rotatable bonds is 5. The number of hydrogen-bond acceptors (Lipinski definition) is 5. The minimum Gasteiger partial charge on any atom is -0.350 e. The Labute approximate surface area is 166 Å². The van der Waals surface area contributed by atoms with Crippen molar-refractivity contribution in [1.82, 2.24) is 20.1 Å². The predicted octanol–water partition coefficient (Wildman–Crippen LogP) is 0.892. The lowest BCUT2D eigenvalue weighted by molar-refractivity contribution is -0.135. The maximum atomic E-state index is 12.6. The zero-order valence-electron chi connectivity index (χ0n) is 16.5. The second-order valence-electron chi connectivity index (χ2n) is 8.55. The van der Waals surface area contributed by atoms with E-state index in [4.69, 9.17) is 5.73 Å². The molecule has 2 aliphatic heterocycles. The van der Waals surface area contributed by atoms with Gasteiger partial charge in [-0.25, -0.2) is 0 Å². The van der Waals surface area contributed by atoms with Crippen molar-refractivity contribution in [2.75, 3.05) is 26.2 Å². The van der Waals surface area contributed by atoms with Crippen LogP contribution in [0.1, 0.15) is 44.2 Å². The minimum absolute atomic E-state index is 0.0379. The first-order chi connectivity index (χ1) is 13.5. The lowest BCUT2D eigenvalue weighted by atomic mass is 9.93. The van der Waals surface area contributed by atoms with Crippen molar-refractivity contribution < 1.29 is 9.59 Å². The molecule has 3 heterocycles. The first-order valence-electron chi connectivity index (χ1n) is 10.6. The molecule has 7 heteroatoms. The van der Waals surface area contributed by atoms with Gasteiger partial charge in [-0.05, 0) is 57.2 Å². The summed E-state index contributed by atoms with van der Waals surface area (Å²) < 4.78 is 0. The van der Waals surface area contributed by atoms with Crippen molar-refractivity contribution in [3.63, 3.8) is 0 Å². The molecular weight excluding hydrogens is 354 g/mol. The van der Waals surface area contributed by atoms with E-state index in [0.717, 1.165) is 70.4 Å². The smallest absolute Gasteiger partial charge is 0.242 e. The number of carbonyl (C=O) groups is 2. The number of aromatic nitrogens is 1. The number of pyridine rings is 1. The van der Waals surface area contributed by atoms with E-state index >= 15 is 0 Å². The van der Waals surface area contributed by atoms with Crippen LogP contribution < -0.4 is 11.1 Å². The molecule has 7 nitrogen and oxygen atoms in total. The summed E-state index contributed by atoms with van der Waals surface area (Å²) in [7, 11) is 0. The Morgan fingerprint density at radius 2 is 1.96 bits per heavy atom. The largest absolute Gasteiger partial charge is 0.350 e. The van der Waals surface area contributed by atoms with Gasteiger partial charge in [-0.3, -0.25) is 19.5 Å². The molecule has 3 N–H and O–H groups in total. The van der Waals surface area contributed by atoms with Gasteiger partial charge in [-0.2, -0.15) is 0 Å². The van der Waals surface area contributed by atoms with Crippen LogP contribution in [0.15, 0.2) is 24.4 Å². The fraction of sp³-hybridized carbons (Fsp3) is 0.667. The molecule has 1 atom stereocenters. The van der Waals surface area contributed by atoms with Gasteiger partial charge in [0.1, 0.15) is 0 Å². The minimum atomic E-state index is -0.561. The lowest BCUT2D eigenvalue weighted by Crippen LogP contribution is -2.54. The number of amides is 2. The molecule has 1 aromatic heterocycles. The van der Waals surface area contributed by atoms with E-state index in [9.17, 15) is 9.59 Å². The lowest BCUT2D eigenvalue weighted by Gasteiger charge is -2.42. The van der Waals surface area contributed by atoms with Crippen LogP contribution in [0, 0.1) is 5.92 Å². The van der Waals surface area contributed by atoms with Crippen LogP contribution in [0.5, 0.6) is 0 Å². The van der Waals surface area contributed by atoms with Crippen molar-refractivity contribution in [3.8, 4) is 0 Å². The van der Waals surface area contributed by atoms with Gasteiger partial charge in [0.2, 0.25) is 11.8 Å². The highest BCUT2D eigenvalue weighted by atomic mass is 16.2. The highest BCUT2D eigenvalue weighted by Gasteiger charge is 2.48. The summed E-state index contributed by atoms with van der Waals surface area (Å²) >= 11 is 0. The maximum absolute atomic E-state index is 12.6. The average Bonchev–Trinajstić information content (AvgIpc) is 3.51. The predicted molar refractivity (Wildman–Crippen MR) is 106 cm³/mol. The summed E-state index contributed by atoms with van der Waals surface area (Å²) in [6.45, 7) is 3.92. The third-order valence-corrected chi connectivity index (χ3v) is 6.48. The number of hydrogen-bond donors (Lipinski definition) is 2. The molecular formula is C21H31N5O2. The van der Waals surface area contributed by atoms with E-state index in [1.54, 1.807) is 6.20 Å². The Morgan fingerprint density at radius 3 is 2.64 bits per heavy atom. The van der Waals surface area contributed by atoms with E-state index in [0.29, 0.717) is 12.6 Å². The van der Waals surface area contributed by atoms with Gasteiger partial charge in [-0.15, -0.1) is 0 Å². The number of nitrogens with two attached hydrogens (primary N) is 1. The molecule has 1 aromatic rings. The van der Waals surface area contributed by atoms with Crippen LogP contribution in [0.2, 0.25) is 0 Å². The molecule has 0 spiro atoms. The fourth-order valence-electron chi connectivity index (χ4n) is 4.47. The van der Waals surface area contributed by atoms with Crippen molar-refractivity contribution in [2.24, 2.45) is 11.7 Å². The van der Waals surface area contributed by atoms with E-state index in [-0.39, 0.29) is 17.7 Å². The average molecular weight is 386 g/mol. The molecule has 2 amide bonds. The highest BCUT2D eigenvalue weighted by molar-refractivity contribution is 5.89. The Hall–Kier alpha value is -1.99. The van der Waals surface area contributed by atoms with Gasteiger partial charge in [0.15, 0.2) is 0 Å². The molecule has 0 aromatic carbocycles. The Morgan fingerprint density at radius 1 is 1.18 bits per heavy atom. The summed E-state index contributed by atoms with van der Waals surface area (Å²) in [5.41, 5.74) is 6.39. The Bertz CT molecular complexity index is 698. The molecule has 4 rings (SSSR count). The van der Waals surface area contributed by atoms with Crippen molar-refractivity contribution >= 4 is 11.8 Å². The molecule has 1 saturated carbocycles. The van der Waals surface area contributed by atoms with Crippen LogP contribution in [0.25, 0.3) is 0 Å². The standard InChI is InChI=1S/C21H31N5O2/c22-21(8-9-21)20(28)25-12-6-18(7-13-25)26-11-3-4-16(15-26)19(27)24-14-17-5-1-2-10-23-17/h1-2,5,10,16,18H,3-4,6-9,11-15,22H2,(H,24,27)/t16-/m0/s1. The molecule has 1 aliphatic carbocycles. The van der Waals surface area contributed by atoms with Crippen molar-refractivity contribution in [2.45, 2.75) is 56.7 Å². The molecule has 0 unspecified atom stereocenters. The SMILES string of the molecule is NC1(C(=O)N2CCC(N3CCC[C@H](C(=O)NCc4ccccn4)C3)CC2)CC1. The van der Waals surface area contributed by atoms with Crippen LogP contribution in [-0.2, 0) is 16.1 Å². The number of piperidine rings is 2. The monoisotopic (exact) mass is 385 g/mol. The number of carbonyl (C=O) groups excluding carboxylic acids is 2. The number of likely N-dealkylation sites (tertiary alicyclic amines) is 2. The van der Waals surface area contributed by atoms with Gasteiger partial charge >= 0.3 is 0 Å². The van der Waals surface area contributed by atoms with Gasteiger partial charge < -0.3 is 16.0 Å². The normalized spacial score (nSPS) is 25.3. The fourth-order valence-corrected chi connectivity index (χ4v) is 4.47. The summed E-state index contributed by atoms with van der Waals surface area (Å²) in [6.07, 6.45) is 7.34. The summed E-state index contributed by atoms with van der Waals surface area (Å²) in [4.78, 5) is 33.7. The zero-order chi connectivity index (χ0) is 19.6. The summed E-state index contributed by atoms with van der Waals surface area (Å²) in [5.74, 6) is 0.300.